The number of benzene rings is 2. The predicted molar refractivity (Wildman–Crippen MR) is 123 cm³/mol. The van der Waals surface area contributed by atoms with E-state index in [-0.39, 0.29) is 24.0 Å². The maximum Gasteiger partial charge on any atom is 0.193 e. The Bertz CT molecular complexity index is 706. The van der Waals surface area contributed by atoms with Gasteiger partial charge in [-0.2, -0.15) is 0 Å². The van der Waals surface area contributed by atoms with Gasteiger partial charge in [-0.05, 0) is 55.0 Å². The molecule has 0 spiro atoms. The van der Waals surface area contributed by atoms with E-state index in [0.717, 1.165) is 25.2 Å². The van der Waals surface area contributed by atoms with Crippen molar-refractivity contribution in [3.05, 3.63) is 59.7 Å². The van der Waals surface area contributed by atoms with Crippen LogP contribution in [-0.4, -0.2) is 19.0 Å². The van der Waals surface area contributed by atoms with Crippen LogP contribution in [0.15, 0.2) is 53.5 Å². The molecular formula is C21H29IN4. The fraction of sp³-hybridized carbons (Fsp3) is 0.381. The summed E-state index contributed by atoms with van der Waals surface area (Å²) in [4.78, 5) is 7.02. The zero-order chi connectivity index (χ0) is 17.5. The number of anilines is 2. The van der Waals surface area contributed by atoms with Crippen LogP contribution < -0.4 is 16.0 Å². The molecule has 0 unspecified atom stereocenters. The number of nitrogens with one attached hydrogen (secondary N) is 1. The van der Waals surface area contributed by atoms with Crippen molar-refractivity contribution in [2.75, 3.05) is 23.3 Å². The summed E-state index contributed by atoms with van der Waals surface area (Å²) in [7, 11) is 0. The number of piperidine rings is 1. The number of nitrogens with two attached hydrogens (primary N) is 1. The lowest BCUT2D eigenvalue weighted by atomic mass is 10.1. The molecule has 1 heterocycles. The minimum absolute atomic E-state index is 0. The van der Waals surface area contributed by atoms with Crippen LogP contribution in [0.25, 0.3) is 0 Å². The Morgan fingerprint density at radius 3 is 2.42 bits per heavy atom. The van der Waals surface area contributed by atoms with E-state index in [9.17, 15) is 0 Å². The summed E-state index contributed by atoms with van der Waals surface area (Å²) in [5, 5.41) is 3.18. The van der Waals surface area contributed by atoms with Gasteiger partial charge in [0.15, 0.2) is 5.96 Å². The Labute approximate surface area is 173 Å². The van der Waals surface area contributed by atoms with Gasteiger partial charge in [0, 0.05) is 24.5 Å². The Morgan fingerprint density at radius 1 is 1.04 bits per heavy atom. The van der Waals surface area contributed by atoms with Crippen LogP contribution >= 0.6 is 24.0 Å². The summed E-state index contributed by atoms with van der Waals surface area (Å²) in [5.74, 6) is 0.456. The smallest absolute Gasteiger partial charge is 0.193 e. The van der Waals surface area contributed by atoms with E-state index in [1.807, 2.05) is 12.1 Å². The molecule has 2 aromatic carbocycles. The largest absolute Gasteiger partial charge is 0.371 e. The third-order valence-corrected chi connectivity index (χ3v) is 4.74. The van der Waals surface area contributed by atoms with Gasteiger partial charge in [0.25, 0.3) is 0 Å². The van der Waals surface area contributed by atoms with Gasteiger partial charge in [0.1, 0.15) is 0 Å². The molecule has 1 aliphatic rings. The zero-order valence-electron chi connectivity index (χ0n) is 15.4. The molecule has 1 fully saturated rings. The SMILES string of the molecule is CCc1ccc(NC(N)=NCc2ccccc2N2CCCCC2)cc1.I. The van der Waals surface area contributed by atoms with Crippen LogP contribution in [0.3, 0.4) is 0 Å². The van der Waals surface area contributed by atoms with Crippen LogP contribution in [0.2, 0.25) is 0 Å². The van der Waals surface area contributed by atoms with Crippen LogP contribution in [0, 0.1) is 0 Å². The van der Waals surface area contributed by atoms with Crippen molar-refractivity contribution in [3.63, 3.8) is 0 Å². The first kappa shape index (κ1) is 20.6. The minimum atomic E-state index is 0. The molecule has 0 aromatic heterocycles. The Morgan fingerprint density at radius 2 is 1.73 bits per heavy atom. The standard InChI is InChI=1S/C21H28N4.HI/c1-2-17-10-12-19(13-11-17)24-21(22)23-16-18-8-4-5-9-20(18)25-14-6-3-7-15-25;/h4-5,8-13H,2-3,6-7,14-16H2,1H3,(H3,22,23,24);1H. The summed E-state index contributed by atoms with van der Waals surface area (Å²) in [6.07, 6.45) is 4.92. The minimum Gasteiger partial charge on any atom is -0.371 e. The van der Waals surface area contributed by atoms with E-state index >= 15 is 0 Å². The molecule has 3 N–H and O–H groups in total. The highest BCUT2D eigenvalue weighted by Gasteiger charge is 2.13. The van der Waals surface area contributed by atoms with Crippen LogP contribution in [0.1, 0.15) is 37.3 Å². The molecule has 140 valence electrons. The third-order valence-electron chi connectivity index (χ3n) is 4.74. The van der Waals surface area contributed by atoms with Crippen LogP contribution in [-0.2, 0) is 13.0 Å². The average molecular weight is 464 g/mol. The first-order valence-electron chi connectivity index (χ1n) is 9.25. The quantitative estimate of drug-likeness (QED) is 0.380. The third kappa shape index (κ3) is 5.62. The second-order valence-electron chi connectivity index (χ2n) is 6.55. The number of aryl methyl sites for hydroxylation is 1. The maximum absolute atomic E-state index is 6.08. The first-order chi connectivity index (χ1) is 12.3. The van der Waals surface area contributed by atoms with Crippen molar-refractivity contribution in [2.45, 2.75) is 39.2 Å². The lowest BCUT2D eigenvalue weighted by molar-refractivity contribution is 0.576. The molecule has 1 aliphatic heterocycles. The Kier molecular flexibility index (Phi) is 8.22. The molecule has 5 heteroatoms. The molecule has 4 nitrogen and oxygen atoms in total. The van der Waals surface area contributed by atoms with Crippen molar-refractivity contribution >= 4 is 41.3 Å². The predicted octanol–water partition coefficient (Wildman–Crippen LogP) is 4.78. The van der Waals surface area contributed by atoms with Gasteiger partial charge in [0.2, 0.25) is 0 Å². The summed E-state index contributed by atoms with van der Waals surface area (Å²) in [5.41, 5.74) is 10.9. The summed E-state index contributed by atoms with van der Waals surface area (Å²) in [6.45, 7) is 5.02. The molecule has 0 amide bonds. The van der Waals surface area contributed by atoms with Gasteiger partial charge < -0.3 is 16.0 Å². The van der Waals surface area contributed by atoms with Gasteiger partial charge in [-0.15, -0.1) is 24.0 Å². The molecular weight excluding hydrogens is 435 g/mol. The molecule has 0 atom stereocenters. The van der Waals surface area contributed by atoms with Crippen molar-refractivity contribution in [1.82, 2.24) is 0 Å². The Hall–Kier alpha value is -1.76. The highest BCUT2D eigenvalue weighted by molar-refractivity contribution is 14.0. The van der Waals surface area contributed by atoms with Gasteiger partial charge in [-0.1, -0.05) is 37.3 Å². The van der Waals surface area contributed by atoms with Gasteiger partial charge in [-0.3, -0.25) is 0 Å². The first-order valence-corrected chi connectivity index (χ1v) is 9.25. The van der Waals surface area contributed by atoms with Crippen LogP contribution in [0.4, 0.5) is 11.4 Å². The molecule has 0 saturated carbocycles. The fourth-order valence-corrected chi connectivity index (χ4v) is 3.27. The second-order valence-corrected chi connectivity index (χ2v) is 6.55. The van der Waals surface area contributed by atoms with Gasteiger partial charge >= 0.3 is 0 Å². The van der Waals surface area contributed by atoms with Crippen molar-refractivity contribution in [1.29, 1.82) is 0 Å². The lowest BCUT2D eigenvalue weighted by Gasteiger charge is -2.30. The highest BCUT2D eigenvalue weighted by atomic mass is 127. The highest BCUT2D eigenvalue weighted by Crippen LogP contribution is 2.24. The van der Waals surface area contributed by atoms with Crippen molar-refractivity contribution in [2.24, 2.45) is 10.7 Å². The number of guanidine groups is 1. The summed E-state index contributed by atoms with van der Waals surface area (Å²) in [6, 6.07) is 16.8. The maximum atomic E-state index is 6.08. The van der Waals surface area contributed by atoms with Crippen molar-refractivity contribution < 1.29 is 0 Å². The van der Waals surface area contributed by atoms with Gasteiger partial charge in [-0.25, -0.2) is 4.99 Å². The number of hydrogen-bond donors (Lipinski definition) is 2. The average Bonchev–Trinajstić information content (AvgIpc) is 2.68. The van der Waals surface area contributed by atoms with Crippen LogP contribution in [0.5, 0.6) is 0 Å². The number of nitrogens with zero attached hydrogens (tertiary/aromatic N) is 2. The monoisotopic (exact) mass is 464 g/mol. The fourth-order valence-electron chi connectivity index (χ4n) is 3.27. The van der Waals surface area contributed by atoms with E-state index in [1.165, 1.54) is 36.1 Å². The Balaban J connectivity index is 0.00000243. The van der Waals surface area contributed by atoms with E-state index < -0.39 is 0 Å². The number of halogens is 1. The second kappa shape index (κ2) is 10.4. The number of rotatable bonds is 5. The van der Waals surface area contributed by atoms with E-state index in [0.29, 0.717) is 12.5 Å². The molecule has 0 aliphatic carbocycles. The van der Waals surface area contributed by atoms with E-state index in [4.69, 9.17) is 5.73 Å². The van der Waals surface area contributed by atoms with Crippen molar-refractivity contribution in [3.8, 4) is 0 Å². The summed E-state index contributed by atoms with van der Waals surface area (Å²) >= 11 is 0. The van der Waals surface area contributed by atoms with E-state index in [2.05, 4.69) is 58.5 Å². The summed E-state index contributed by atoms with van der Waals surface area (Å²) < 4.78 is 0. The topological polar surface area (TPSA) is 53.6 Å². The zero-order valence-corrected chi connectivity index (χ0v) is 17.8. The molecule has 2 aromatic rings. The number of para-hydroxylation sites is 1. The molecule has 0 radical (unpaired) electrons. The van der Waals surface area contributed by atoms with E-state index in [1.54, 1.807) is 0 Å². The lowest BCUT2D eigenvalue weighted by Crippen LogP contribution is -2.30. The normalized spacial score (nSPS) is 14.7. The van der Waals surface area contributed by atoms with Gasteiger partial charge in [0.05, 0.1) is 6.54 Å². The molecule has 3 rings (SSSR count). The number of hydrogen-bond acceptors (Lipinski definition) is 2. The number of aliphatic imine (C=N–C) groups is 1. The molecule has 0 bridgehead atoms. The molecule has 1 saturated heterocycles. The molecule has 26 heavy (non-hydrogen) atoms.